The molecule has 0 spiro atoms. The lowest BCUT2D eigenvalue weighted by Gasteiger charge is -2.38. The van der Waals surface area contributed by atoms with Crippen molar-refractivity contribution in [2.75, 3.05) is 45.2 Å². The summed E-state index contributed by atoms with van der Waals surface area (Å²) in [4.78, 5) is 25.6. The normalized spacial score (nSPS) is 19.0. The zero-order valence-electron chi connectivity index (χ0n) is 18.6. The number of rotatable bonds is 4. The zero-order valence-corrected chi connectivity index (χ0v) is 19.4. The van der Waals surface area contributed by atoms with Gasteiger partial charge in [0, 0.05) is 44.5 Å². The van der Waals surface area contributed by atoms with Gasteiger partial charge in [-0.05, 0) is 70.0 Å². The fourth-order valence-corrected chi connectivity index (χ4v) is 5.70. The van der Waals surface area contributed by atoms with Crippen LogP contribution >= 0.6 is 11.3 Å². The summed E-state index contributed by atoms with van der Waals surface area (Å²) in [6.45, 7) is 6.17. The van der Waals surface area contributed by atoms with Crippen LogP contribution in [-0.4, -0.2) is 67.0 Å². The Labute approximate surface area is 184 Å². The summed E-state index contributed by atoms with van der Waals surface area (Å²) in [7, 11) is 4.07. The number of thiazole rings is 1. The fourth-order valence-electron chi connectivity index (χ4n) is 4.66. The van der Waals surface area contributed by atoms with E-state index < -0.39 is 0 Å². The number of carbonyl (C=O) groups is 1. The number of likely N-dealkylation sites (tertiary alicyclic amines) is 2. The maximum atomic E-state index is 13.2. The number of benzene rings is 1. The molecule has 2 saturated heterocycles. The van der Waals surface area contributed by atoms with Crippen molar-refractivity contribution in [2.45, 2.75) is 51.5 Å². The molecule has 2 aliphatic heterocycles. The van der Waals surface area contributed by atoms with E-state index in [4.69, 9.17) is 4.98 Å². The number of anilines is 1. The molecular formula is C24H34N4OS. The van der Waals surface area contributed by atoms with Crippen LogP contribution in [0.25, 0.3) is 10.6 Å². The van der Waals surface area contributed by atoms with Gasteiger partial charge in [0.25, 0.3) is 5.91 Å². The first-order valence-electron chi connectivity index (χ1n) is 11.3. The summed E-state index contributed by atoms with van der Waals surface area (Å²) < 4.78 is 0. The summed E-state index contributed by atoms with van der Waals surface area (Å²) in [6.07, 6.45) is 7.61. The molecule has 0 atom stereocenters. The van der Waals surface area contributed by atoms with Gasteiger partial charge in [-0.25, -0.2) is 4.98 Å². The van der Waals surface area contributed by atoms with Crippen LogP contribution in [0.15, 0.2) is 24.3 Å². The second kappa shape index (κ2) is 9.48. The van der Waals surface area contributed by atoms with Crippen LogP contribution in [0.4, 0.5) is 5.69 Å². The molecule has 0 aliphatic carbocycles. The maximum absolute atomic E-state index is 13.2. The molecule has 3 heterocycles. The smallest absolute Gasteiger partial charge is 0.265 e. The number of amides is 1. The standard InChI is InChI=1S/C24H34N4OS/c1-18-22(30-23(25-18)19-8-10-20(11-9-19)26(2)3)24(29)28-16-12-21(13-17-28)27-14-6-4-5-7-15-27/h8-11,21H,4-7,12-17H2,1-3H3. The fraction of sp³-hybridized carbons (Fsp3) is 0.583. The zero-order chi connectivity index (χ0) is 21.1. The minimum atomic E-state index is 0.162. The SMILES string of the molecule is Cc1nc(-c2ccc(N(C)C)cc2)sc1C(=O)N1CCC(N2CCCCCC2)CC1. The number of hydrogen-bond donors (Lipinski definition) is 0. The highest BCUT2D eigenvalue weighted by atomic mass is 32.1. The molecule has 0 N–H and O–H groups in total. The van der Waals surface area contributed by atoms with Crippen molar-refractivity contribution in [2.24, 2.45) is 0 Å². The Bertz CT molecular complexity index is 845. The lowest BCUT2D eigenvalue weighted by molar-refractivity contribution is 0.0626. The Morgan fingerprint density at radius 3 is 2.23 bits per heavy atom. The summed E-state index contributed by atoms with van der Waals surface area (Å²) in [6, 6.07) is 9.03. The average molecular weight is 427 g/mol. The third-order valence-corrected chi connectivity index (χ3v) is 7.72. The highest BCUT2D eigenvalue weighted by molar-refractivity contribution is 7.17. The number of hydrogen-bond acceptors (Lipinski definition) is 5. The van der Waals surface area contributed by atoms with Gasteiger partial charge in [-0.3, -0.25) is 4.79 Å². The largest absolute Gasteiger partial charge is 0.378 e. The van der Waals surface area contributed by atoms with Crippen molar-refractivity contribution in [3.63, 3.8) is 0 Å². The molecule has 6 heteroatoms. The molecule has 4 rings (SSSR count). The molecule has 5 nitrogen and oxygen atoms in total. The first kappa shape index (κ1) is 21.3. The average Bonchev–Trinajstić information content (AvgIpc) is 2.97. The van der Waals surface area contributed by atoms with Gasteiger partial charge in [0.2, 0.25) is 0 Å². The molecule has 1 amide bonds. The third-order valence-electron chi connectivity index (χ3n) is 6.53. The molecular weight excluding hydrogens is 392 g/mol. The van der Waals surface area contributed by atoms with Crippen LogP contribution in [0.5, 0.6) is 0 Å². The van der Waals surface area contributed by atoms with Crippen LogP contribution in [0.1, 0.15) is 53.9 Å². The van der Waals surface area contributed by atoms with Crippen molar-refractivity contribution >= 4 is 22.9 Å². The molecule has 0 radical (unpaired) electrons. The second-order valence-electron chi connectivity index (χ2n) is 8.85. The van der Waals surface area contributed by atoms with Gasteiger partial charge in [-0.1, -0.05) is 12.8 Å². The number of carbonyl (C=O) groups excluding carboxylic acids is 1. The van der Waals surface area contributed by atoms with Crippen molar-refractivity contribution in [1.82, 2.24) is 14.8 Å². The lowest BCUT2D eigenvalue weighted by atomic mass is 10.0. The van der Waals surface area contributed by atoms with Crippen LogP contribution in [0, 0.1) is 6.92 Å². The molecule has 162 valence electrons. The van der Waals surface area contributed by atoms with Gasteiger partial charge in [-0.15, -0.1) is 11.3 Å². The predicted molar refractivity (Wildman–Crippen MR) is 126 cm³/mol. The van der Waals surface area contributed by atoms with Gasteiger partial charge in [-0.2, -0.15) is 0 Å². The minimum absolute atomic E-state index is 0.162. The van der Waals surface area contributed by atoms with E-state index in [2.05, 4.69) is 34.1 Å². The summed E-state index contributed by atoms with van der Waals surface area (Å²) in [5.74, 6) is 0.162. The van der Waals surface area contributed by atoms with Gasteiger partial charge in [0.1, 0.15) is 9.88 Å². The van der Waals surface area contributed by atoms with Crippen molar-refractivity contribution in [1.29, 1.82) is 0 Å². The Morgan fingerprint density at radius 2 is 1.63 bits per heavy atom. The van der Waals surface area contributed by atoms with Crippen LogP contribution in [0.2, 0.25) is 0 Å². The van der Waals surface area contributed by atoms with Crippen molar-refractivity contribution in [3.8, 4) is 10.6 Å². The van der Waals surface area contributed by atoms with E-state index in [0.29, 0.717) is 6.04 Å². The molecule has 2 aromatic rings. The van der Waals surface area contributed by atoms with Gasteiger partial charge in [0.15, 0.2) is 0 Å². The lowest BCUT2D eigenvalue weighted by Crippen LogP contribution is -2.47. The molecule has 0 bridgehead atoms. The summed E-state index contributed by atoms with van der Waals surface area (Å²) in [5, 5.41) is 0.931. The Kier molecular flexibility index (Phi) is 6.74. The number of aryl methyl sites for hydroxylation is 1. The summed E-state index contributed by atoms with van der Waals surface area (Å²) >= 11 is 1.53. The minimum Gasteiger partial charge on any atom is -0.378 e. The van der Waals surface area contributed by atoms with Gasteiger partial charge < -0.3 is 14.7 Å². The van der Waals surface area contributed by atoms with Gasteiger partial charge in [0.05, 0.1) is 5.69 Å². The van der Waals surface area contributed by atoms with Gasteiger partial charge >= 0.3 is 0 Å². The Hall–Kier alpha value is -1.92. The van der Waals surface area contributed by atoms with E-state index >= 15 is 0 Å². The first-order valence-corrected chi connectivity index (χ1v) is 12.1. The van der Waals surface area contributed by atoms with E-state index in [1.807, 2.05) is 25.9 Å². The van der Waals surface area contributed by atoms with Crippen LogP contribution in [0.3, 0.4) is 0 Å². The molecule has 1 aromatic carbocycles. The second-order valence-corrected chi connectivity index (χ2v) is 9.85. The number of aromatic nitrogens is 1. The highest BCUT2D eigenvalue weighted by Crippen LogP contribution is 2.31. The number of piperidine rings is 1. The third kappa shape index (κ3) is 4.70. The molecule has 2 aliphatic rings. The molecule has 2 fully saturated rings. The molecule has 1 aromatic heterocycles. The monoisotopic (exact) mass is 426 g/mol. The van der Waals surface area contributed by atoms with Crippen molar-refractivity contribution in [3.05, 3.63) is 34.8 Å². The number of nitrogens with zero attached hydrogens (tertiary/aromatic N) is 4. The van der Waals surface area contributed by atoms with E-state index in [1.54, 1.807) is 0 Å². The highest BCUT2D eigenvalue weighted by Gasteiger charge is 2.29. The maximum Gasteiger partial charge on any atom is 0.265 e. The van der Waals surface area contributed by atoms with Crippen molar-refractivity contribution < 1.29 is 4.79 Å². The molecule has 30 heavy (non-hydrogen) atoms. The summed E-state index contributed by atoms with van der Waals surface area (Å²) in [5.41, 5.74) is 3.09. The van der Waals surface area contributed by atoms with E-state index in [0.717, 1.165) is 52.8 Å². The first-order chi connectivity index (χ1) is 14.5. The van der Waals surface area contributed by atoms with Crippen LogP contribution in [-0.2, 0) is 0 Å². The topological polar surface area (TPSA) is 39.7 Å². The predicted octanol–water partition coefficient (Wildman–Crippen LogP) is 4.67. The van der Waals surface area contributed by atoms with Crippen LogP contribution < -0.4 is 4.90 Å². The quantitative estimate of drug-likeness (QED) is 0.713. The Morgan fingerprint density at radius 1 is 1.00 bits per heavy atom. The molecule has 0 unspecified atom stereocenters. The van der Waals surface area contributed by atoms with E-state index in [-0.39, 0.29) is 5.91 Å². The Balaban J connectivity index is 1.40. The van der Waals surface area contributed by atoms with E-state index in [9.17, 15) is 4.79 Å². The van der Waals surface area contributed by atoms with E-state index in [1.165, 1.54) is 50.1 Å². The molecule has 0 saturated carbocycles.